The van der Waals surface area contributed by atoms with Gasteiger partial charge in [-0.05, 0) is 37.5 Å². The van der Waals surface area contributed by atoms with Crippen molar-refractivity contribution in [3.8, 4) is 5.75 Å². The van der Waals surface area contributed by atoms with E-state index < -0.39 is 0 Å². The van der Waals surface area contributed by atoms with E-state index in [1.807, 2.05) is 12.1 Å². The highest BCUT2D eigenvalue weighted by Gasteiger charge is 2.21. The molecule has 9 heteroatoms. The number of ether oxygens (including phenoxy) is 1. The zero-order valence-corrected chi connectivity index (χ0v) is 21.3. The second kappa shape index (κ2) is 12.9. The fourth-order valence-electron chi connectivity index (χ4n) is 3.35. The zero-order valence-electron chi connectivity index (χ0n) is 18.1. The minimum absolute atomic E-state index is 0. The molecule has 1 aromatic carbocycles. The van der Waals surface area contributed by atoms with Crippen LogP contribution in [0.25, 0.3) is 0 Å². The van der Waals surface area contributed by atoms with Gasteiger partial charge in [-0.1, -0.05) is 19.1 Å². The lowest BCUT2D eigenvalue weighted by molar-refractivity contribution is 0.372. The summed E-state index contributed by atoms with van der Waals surface area (Å²) < 4.78 is 9.71. The van der Waals surface area contributed by atoms with Crippen LogP contribution in [0.1, 0.15) is 31.7 Å². The lowest BCUT2D eigenvalue weighted by Crippen LogP contribution is -2.52. The number of piperazine rings is 1. The number of anilines is 1. The van der Waals surface area contributed by atoms with Crippen molar-refractivity contribution in [3.63, 3.8) is 0 Å². The SMILES string of the molecule is CCNC(=NCCCc1cccc(OC)c1)N1CCN(c2nc(CC)ns2)CC1.I. The van der Waals surface area contributed by atoms with Crippen molar-refractivity contribution in [2.24, 2.45) is 4.99 Å². The predicted molar refractivity (Wildman–Crippen MR) is 136 cm³/mol. The second-order valence-electron chi connectivity index (χ2n) is 7.01. The van der Waals surface area contributed by atoms with Crippen LogP contribution in [0.2, 0.25) is 0 Å². The summed E-state index contributed by atoms with van der Waals surface area (Å²) in [5, 5.41) is 4.49. The van der Waals surface area contributed by atoms with Crippen LogP contribution in [0.15, 0.2) is 29.3 Å². The molecule has 2 aromatic rings. The number of aryl methyl sites for hydroxylation is 2. The van der Waals surface area contributed by atoms with E-state index in [2.05, 4.69) is 50.5 Å². The van der Waals surface area contributed by atoms with E-state index in [4.69, 9.17) is 9.73 Å². The first-order valence-corrected chi connectivity index (χ1v) is 11.2. The lowest BCUT2D eigenvalue weighted by atomic mass is 10.1. The van der Waals surface area contributed by atoms with Gasteiger partial charge in [0.05, 0.1) is 7.11 Å². The average Bonchev–Trinajstić information content (AvgIpc) is 3.25. The first kappa shape index (κ1) is 24.6. The summed E-state index contributed by atoms with van der Waals surface area (Å²) in [5.74, 6) is 2.88. The Morgan fingerprint density at radius 3 is 2.70 bits per heavy atom. The highest BCUT2D eigenvalue weighted by atomic mass is 127. The van der Waals surface area contributed by atoms with Crippen LogP contribution < -0.4 is 15.0 Å². The summed E-state index contributed by atoms with van der Waals surface area (Å²) >= 11 is 1.51. The summed E-state index contributed by atoms with van der Waals surface area (Å²) in [5.41, 5.74) is 1.29. The molecule has 3 rings (SSSR count). The Bertz CT molecular complexity index is 791. The van der Waals surface area contributed by atoms with Crippen molar-refractivity contribution in [3.05, 3.63) is 35.7 Å². The van der Waals surface area contributed by atoms with Gasteiger partial charge in [-0.2, -0.15) is 4.37 Å². The van der Waals surface area contributed by atoms with Crippen molar-refractivity contribution >= 4 is 46.6 Å². The normalized spacial score (nSPS) is 14.4. The van der Waals surface area contributed by atoms with Crippen LogP contribution in [0.3, 0.4) is 0 Å². The largest absolute Gasteiger partial charge is 0.497 e. The van der Waals surface area contributed by atoms with E-state index in [0.29, 0.717) is 0 Å². The third-order valence-corrected chi connectivity index (χ3v) is 5.79. The molecule has 0 radical (unpaired) electrons. The summed E-state index contributed by atoms with van der Waals surface area (Å²) in [6, 6.07) is 8.28. The highest BCUT2D eigenvalue weighted by molar-refractivity contribution is 14.0. The van der Waals surface area contributed by atoms with Crippen molar-refractivity contribution in [1.29, 1.82) is 0 Å². The molecule has 1 aromatic heterocycles. The van der Waals surface area contributed by atoms with E-state index >= 15 is 0 Å². The van der Waals surface area contributed by atoms with Crippen LogP contribution in [0.5, 0.6) is 5.75 Å². The number of nitrogens with zero attached hydrogens (tertiary/aromatic N) is 5. The third-order valence-electron chi connectivity index (χ3n) is 4.98. The molecule has 0 aliphatic carbocycles. The Morgan fingerprint density at radius 2 is 2.03 bits per heavy atom. The molecule has 1 aliphatic heterocycles. The molecule has 30 heavy (non-hydrogen) atoms. The number of hydrogen-bond donors (Lipinski definition) is 1. The number of aromatic nitrogens is 2. The Kier molecular flexibility index (Phi) is 10.6. The van der Waals surface area contributed by atoms with Gasteiger partial charge in [0, 0.05) is 57.2 Å². The summed E-state index contributed by atoms with van der Waals surface area (Å²) in [6.07, 6.45) is 2.92. The number of guanidine groups is 1. The Balaban J connectivity index is 0.00000320. The standard InChI is InChI=1S/C21H32N6OS.HI/c1-4-19-24-21(29-25-19)27-14-12-26(13-15-27)20(22-5-2)23-11-7-9-17-8-6-10-18(16-17)28-3;/h6,8,10,16H,4-5,7,9,11-15H2,1-3H3,(H,22,23);1H. The number of halogens is 1. The van der Waals surface area contributed by atoms with Crippen LogP contribution in [0.4, 0.5) is 5.13 Å². The molecule has 0 amide bonds. The molecular formula is C21H33IN6OS. The van der Waals surface area contributed by atoms with Crippen LogP contribution in [0, 0.1) is 0 Å². The molecular weight excluding hydrogens is 511 g/mol. The molecule has 1 aliphatic rings. The molecule has 0 saturated carbocycles. The molecule has 0 atom stereocenters. The van der Waals surface area contributed by atoms with Gasteiger partial charge in [-0.15, -0.1) is 24.0 Å². The molecule has 0 spiro atoms. The van der Waals surface area contributed by atoms with Crippen LogP contribution >= 0.6 is 35.5 Å². The highest BCUT2D eigenvalue weighted by Crippen LogP contribution is 2.19. The Hall–Kier alpha value is -1.62. The quantitative estimate of drug-likeness (QED) is 0.238. The van der Waals surface area contributed by atoms with Gasteiger partial charge in [0.25, 0.3) is 0 Å². The molecule has 1 saturated heterocycles. The summed E-state index contributed by atoms with van der Waals surface area (Å²) in [7, 11) is 1.71. The number of hydrogen-bond acceptors (Lipinski definition) is 6. The fourth-order valence-corrected chi connectivity index (χ4v) is 4.15. The van der Waals surface area contributed by atoms with Gasteiger partial charge in [0.15, 0.2) is 5.96 Å². The Morgan fingerprint density at radius 1 is 1.23 bits per heavy atom. The van der Waals surface area contributed by atoms with Gasteiger partial charge in [0.2, 0.25) is 5.13 Å². The van der Waals surface area contributed by atoms with Crippen molar-refractivity contribution < 1.29 is 4.74 Å². The maximum atomic E-state index is 5.30. The lowest BCUT2D eigenvalue weighted by Gasteiger charge is -2.36. The number of rotatable bonds is 8. The number of aliphatic imine (C=N–C) groups is 1. The van der Waals surface area contributed by atoms with Gasteiger partial charge in [0.1, 0.15) is 11.6 Å². The van der Waals surface area contributed by atoms with Gasteiger partial charge < -0.3 is 19.9 Å². The number of methoxy groups -OCH3 is 1. The molecule has 7 nitrogen and oxygen atoms in total. The minimum atomic E-state index is 0. The van der Waals surface area contributed by atoms with Crippen LogP contribution in [-0.4, -0.2) is 66.6 Å². The summed E-state index contributed by atoms with van der Waals surface area (Å²) in [6.45, 7) is 9.71. The zero-order chi connectivity index (χ0) is 20.5. The van der Waals surface area contributed by atoms with E-state index in [-0.39, 0.29) is 24.0 Å². The maximum absolute atomic E-state index is 5.30. The minimum Gasteiger partial charge on any atom is -0.497 e. The third kappa shape index (κ3) is 6.97. The van der Waals surface area contributed by atoms with Crippen molar-refractivity contribution in [1.82, 2.24) is 19.6 Å². The molecule has 1 N–H and O–H groups in total. The Labute approximate surface area is 201 Å². The van der Waals surface area contributed by atoms with Gasteiger partial charge in [-0.3, -0.25) is 4.99 Å². The average molecular weight is 545 g/mol. The monoisotopic (exact) mass is 544 g/mol. The topological polar surface area (TPSA) is 65.9 Å². The fraction of sp³-hybridized carbons (Fsp3) is 0.571. The van der Waals surface area contributed by atoms with Crippen molar-refractivity contribution in [2.45, 2.75) is 33.1 Å². The van der Waals surface area contributed by atoms with Crippen LogP contribution in [-0.2, 0) is 12.8 Å². The smallest absolute Gasteiger partial charge is 0.205 e. The van der Waals surface area contributed by atoms with Crippen molar-refractivity contribution in [2.75, 3.05) is 51.3 Å². The van der Waals surface area contributed by atoms with E-state index in [1.54, 1.807) is 7.11 Å². The molecule has 2 heterocycles. The van der Waals surface area contributed by atoms with E-state index in [9.17, 15) is 0 Å². The van der Waals surface area contributed by atoms with Gasteiger partial charge in [-0.25, -0.2) is 4.98 Å². The molecule has 166 valence electrons. The summed E-state index contributed by atoms with van der Waals surface area (Å²) in [4.78, 5) is 14.2. The van der Waals surface area contributed by atoms with E-state index in [1.165, 1.54) is 17.1 Å². The molecule has 0 bridgehead atoms. The number of nitrogens with one attached hydrogen (secondary N) is 1. The first-order chi connectivity index (χ1) is 14.2. The van der Waals surface area contributed by atoms with E-state index in [0.717, 1.165) is 81.2 Å². The molecule has 0 unspecified atom stereocenters. The maximum Gasteiger partial charge on any atom is 0.205 e. The first-order valence-electron chi connectivity index (χ1n) is 10.5. The number of benzene rings is 1. The molecule has 1 fully saturated rings. The second-order valence-corrected chi connectivity index (χ2v) is 7.74. The van der Waals surface area contributed by atoms with Gasteiger partial charge >= 0.3 is 0 Å². The predicted octanol–water partition coefficient (Wildman–Crippen LogP) is 3.45.